The number of fused-ring (bicyclic) bond motifs is 2. The van der Waals surface area contributed by atoms with E-state index in [1.54, 1.807) is 29.2 Å². The Morgan fingerprint density at radius 2 is 1.50 bits per heavy atom. The van der Waals surface area contributed by atoms with Gasteiger partial charge in [-0.3, -0.25) is 9.59 Å². The molecule has 0 atom stereocenters. The molecule has 2 amide bonds. The molecule has 6 nitrogen and oxygen atoms in total. The minimum Gasteiger partial charge on any atom is -0.339 e. The number of rotatable bonds is 7. The van der Waals surface area contributed by atoms with Crippen molar-refractivity contribution in [1.29, 1.82) is 0 Å². The Labute approximate surface area is 200 Å². The van der Waals surface area contributed by atoms with Crippen LogP contribution in [-0.4, -0.2) is 38.2 Å². The summed E-state index contributed by atoms with van der Waals surface area (Å²) in [6.45, 7) is 5.43. The fraction of sp³-hybridized carbons (Fsp3) is 0.259. The van der Waals surface area contributed by atoms with E-state index in [1.807, 2.05) is 44.2 Å². The highest BCUT2D eigenvalue weighted by Crippen LogP contribution is 2.38. The van der Waals surface area contributed by atoms with E-state index < -0.39 is 15.7 Å². The van der Waals surface area contributed by atoms with Crippen LogP contribution in [0.5, 0.6) is 0 Å². The summed E-state index contributed by atoms with van der Waals surface area (Å²) in [7, 11) is -3.97. The highest BCUT2D eigenvalue weighted by molar-refractivity contribution is 7.91. The van der Waals surface area contributed by atoms with Crippen molar-refractivity contribution in [1.82, 2.24) is 4.90 Å². The minimum absolute atomic E-state index is 0.0190. The van der Waals surface area contributed by atoms with Crippen LogP contribution in [0.1, 0.15) is 53.0 Å². The standard InChI is InChI=1S/C27H28N2O4S/c1-3-16-28(17-4-2)26(30)21-14-15-25-23(18-21)29(19-20-10-6-5-7-11-20)27(31)22-12-8-9-13-24(22)34(25,32)33/h5-15,18H,3-4,16-17,19H2,1-2H3. The fourth-order valence-electron chi connectivity index (χ4n) is 4.30. The third kappa shape index (κ3) is 4.35. The molecule has 0 aromatic heterocycles. The Bertz CT molecular complexity index is 1310. The first-order valence-corrected chi connectivity index (χ1v) is 13.0. The Morgan fingerprint density at radius 3 is 2.18 bits per heavy atom. The summed E-state index contributed by atoms with van der Waals surface area (Å²) in [5.41, 5.74) is 1.58. The van der Waals surface area contributed by atoms with Crippen LogP contribution in [0.3, 0.4) is 0 Å². The van der Waals surface area contributed by atoms with Gasteiger partial charge in [-0.15, -0.1) is 0 Å². The summed E-state index contributed by atoms with van der Waals surface area (Å²) in [4.78, 5) is 30.2. The maximum atomic E-state index is 13.7. The first-order valence-electron chi connectivity index (χ1n) is 11.5. The summed E-state index contributed by atoms with van der Waals surface area (Å²) in [6.07, 6.45) is 1.64. The molecule has 0 saturated heterocycles. The van der Waals surface area contributed by atoms with Gasteiger partial charge in [-0.1, -0.05) is 56.3 Å². The van der Waals surface area contributed by atoms with Gasteiger partial charge in [-0.2, -0.15) is 0 Å². The molecule has 3 aromatic carbocycles. The molecular weight excluding hydrogens is 448 g/mol. The second-order valence-electron chi connectivity index (χ2n) is 8.35. The smallest absolute Gasteiger partial charge is 0.259 e. The van der Waals surface area contributed by atoms with Crippen molar-refractivity contribution in [3.63, 3.8) is 0 Å². The molecule has 0 aliphatic carbocycles. The number of sulfone groups is 1. The molecule has 0 fully saturated rings. The molecule has 3 aromatic rings. The van der Waals surface area contributed by atoms with Gasteiger partial charge < -0.3 is 9.80 Å². The zero-order chi connectivity index (χ0) is 24.3. The van der Waals surface area contributed by atoms with Gasteiger partial charge in [0.15, 0.2) is 0 Å². The van der Waals surface area contributed by atoms with Gasteiger partial charge in [0.2, 0.25) is 9.84 Å². The molecule has 1 heterocycles. The average molecular weight is 477 g/mol. The first kappa shape index (κ1) is 23.7. The molecule has 0 unspecified atom stereocenters. The lowest BCUT2D eigenvalue weighted by atomic mass is 10.1. The van der Waals surface area contributed by atoms with Gasteiger partial charge in [-0.25, -0.2) is 8.42 Å². The van der Waals surface area contributed by atoms with E-state index in [0.29, 0.717) is 18.7 Å². The van der Waals surface area contributed by atoms with Crippen molar-refractivity contribution in [2.24, 2.45) is 0 Å². The van der Waals surface area contributed by atoms with Gasteiger partial charge in [-0.05, 0) is 48.7 Å². The maximum Gasteiger partial charge on any atom is 0.259 e. The predicted octanol–water partition coefficient (Wildman–Crippen LogP) is 4.94. The van der Waals surface area contributed by atoms with Crippen LogP contribution in [0, 0.1) is 0 Å². The molecule has 0 radical (unpaired) electrons. The Balaban J connectivity index is 1.90. The average Bonchev–Trinajstić information content (AvgIpc) is 2.92. The lowest BCUT2D eigenvalue weighted by Gasteiger charge is -2.25. The molecule has 0 N–H and O–H groups in total. The van der Waals surface area contributed by atoms with Gasteiger partial charge >= 0.3 is 0 Å². The SMILES string of the molecule is CCCN(CCC)C(=O)c1ccc2c(c1)N(Cc1ccccc1)C(=O)c1ccccc1S2(=O)=O. The summed E-state index contributed by atoms with van der Waals surface area (Å²) < 4.78 is 27.2. The molecule has 0 bridgehead atoms. The van der Waals surface area contributed by atoms with Crippen molar-refractivity contribution in [3.8, 4) is 0 Å². The topological polar surface area (TPSA) is 74.8 Å². The number of anilines is 1. The Hall–Kier alpha value is -3.45. The highest BCUT2D eigenvalue weighted by Gasteiger charge is 2.36. The van der Waals surface area contributed by atoms with Crippen molar-refractivity contribution in [3.05, 3.63) is 89.5 Å². The number of hydrogen-bond acceptors (Lipinski definition) is 4. The van der Waals surface area contributed by atoms with E-state index in [4.69, 9.17) is 0 Å². The largest absolute Gasteiger partial charge is 0.339 e. The van der Waals surface area contributed by atoms with E-state index in [9.17, 15) is 18.0 Å². The fourth-order valence-corrected chi connectivity index (χ4v) is 5.93. The van der Waals surface area contributed by atoms with E-state index in [0.717, 1.165) is 18.4 Å². The highest BCUT2D eigenvalue weighted by atomic mass is 32.2. The van der Waals surface area contributed by atoms with E-state index in [-0.39, 0.29) is 33.5 Å². The third-order valence-electron chi connectivity index (χ3n) is 5.90. The summed E-state index contributed by atoms with van der Waals surface area (Å²) >= 11 is 0. The second-order valence-corrected chi connectivity index (χ2v) is 10.2. The van der Waals surface area contributed by atoms with E-state index in [1.165, 1.54) is 23.1 Å². The van der Waals surface area contributed by atoms with Crippen LogP contribution in [0.15, 0.2) is 82.6 Å². The number of carbonyl (C=O) groups excluding carboxylic acids is 2. The molecule has 7 heteroatoms. The van der Waals surface area contributed by atoms with Gasteiger partial charge in [0, 0.05) is 18.7 Å². The molecule has 1 aliphatic heterocycles. The van der Waals surface area contributed by atoms with Crippen molar-refractivity contribution >= 4 is 27.3 Å². The monoisotopic (exact) mass is 476 g/mol. The molecule has 1 aliphatic rings. The van der Waals surface area contributed by atoms with Crippen LogP contribution in [0.25, 0.3) is 0 Å². The van der Waals surface area contributed by atoms with Crippen molar-refractivity contribution in [2.75, 3.05) is 18.0 Å². The van der Waals surface area contributed by atoms with Crippen molar-refractivity contribution in [2.45, 2.75) is 43.0 Å². The van der Waals surface area contributed by atoms with Crippen LogP contribution in [-0.2, 0) is 16.4 Å². The van der Waals surface area contributed by atoms with Crippen LogP contribution < -0.4 is 4.90 Å². The van der Waals surface area contributed by atoms with Gasteiger partial charge in [0.1, 0.15) is 0 Å². The lowest BCUT2D eigenvalue weighted by Crippen LogP contribution is -2.33. The maximum absolute atomic E-state index is 13.7. The number of benzene rings is 3. The van der Waals surface area contributed by atoms with Crippen LogP contribution in [0.2, 0.25) is 0 Å². The van der Waals surface area contributed by atoms with E-state index in [2.05, 4.69) is 0 Å². The number of carbonyl (C=O) groups is 2. The summed E-state index contributed by atoms with van der Waals surface area (Å²) in [5.74, 6) is -0.580. The molecule has 4 rings (SSSR count). The Kier molecular flexibility index (Phi) is 6.84. The van der Waals surface area contributed by atoms with Crippen LogP contribution >= 0.6 is 0 Å². The normalized spacial score (nSPS) is 14.2. The van der Waals surface area contributed by atoms with Gasteiger partial charge in [0.05, 0.1) is 27.6 Å². The number of nitrogens with zero attached hydrogens (tertiary/aromatic N) is 2. The second kappa shape index (κ2) is 9.81. The summed E-state index contributed by atoms with van der Waals surface area (Å²) in [6, 6.07) is 20.2. The Morgan fingerprint density at radius 1 is 0.853 bits per heavy atom. The molecule has 0 spiro atoms. The van der Waals surface area contributed by atoms with Gasteiger partial charge in [0.25, 0.3) is 11.8 Å². The molecule has 34 heavy (non-hydrogen) atoms. The summed E-state index contributed by atoms with van der Waals surface area (Å²) in [5, 5.41) is 0. The lowest BCUT2D eigenvalue weighted by molar-refractivity contribution is 0.0755. The third-order valence-corrected chi connectivity index (χ3v) is 7.76. The number of amides is 2. The van der Waals surface area contributed by atoms with E-state index >= 15 is 0 Å². The molecular formula is C27H28N2O4S. The first-order chi connectivity index (χ1) is 16.4. The minimum atomic E-state index is -3.97. The van der Waals surface area contributed by atoms with Crippen molar-refractivity contribution < 1.29 is 18.0 Å². The zero-order valence-corrected chi connectivity index (χ0v) is 20.2. The predicted molar refractivity (Wildman–Crippen MR) is 132 cm³/mol. The van der Waals surface area contributed by atoms with Crippen LogP contribution in [0.4, 0.5) is 5.69 Å². The quantitative estimate of drug-likeness (QED) is 0.484. The zero-order valence-electron chi connectivity index (χ0n) is 19.4. The molecule has 0 saturated carbocycles. The number of hydrogen-bond donors (Lipinski definition) is 0. The molecule has 176 valence electrons.